The Labute approximate surface area is 136 Å². The number of benzene rings is 2. The molecule has 0 saturated carbocycles. The molecule has 0 aliphatic rings. The van der Waals surface area contributed by atoms with Gasteiger partial charge in [-0.15, -0.1) is 0 Å². The molecule has 2 aromatic carbocycles. The number of hydrogen-bond donors (Lipinski definition) is 1. The van der Waals surface area contributed by atoms with Gasteiger partial charge < -0.3 is 9.84 Å². The normalized spacial score (nSPS) is 12.2. The summed E-state index contributed by atoms with van der Waals surface area (Å²) in [5, 5.41) is 10.6. The van der Waals surface area contributed by atoms with Crippen LogP contribution in [0.2, 0.25) is 0 Å². The van der Waals surface area contributed by atoms with Crippen LogP contribution in [0.15, 0.2) is 45.3 Å². The third-order valence-electron chi connectivity index (χ3n) is 3.18. The SMILES string of the molecule is CCOc1ccc(C(O)c2cccc(Br)c2C)c(Br)c1. The van der Waals surface area contributed by atoms with E-state index in [1.807, 2.05) is 50.2 Å². The second-order valence-corrected chi connectivity index (χ2v) is 6.18. The van der Waals surface area contributed by atoms with E-state index in [0.717, 1.165) is 31.4 Å². The summed E-state index contributed by atoms with van der Waals surface area (Å²) in [5.41, 5.74) is 2.76. The highest BCUT2D eigenvalue weighted by Crippen LogP contribution is 2.34. The second kappa shape index (κ2) is 6.74. The maximum Gasteiger partial charge on any atom is 0.120 e. The van der Waals surface area contributed by atoms with Crippen LogP contribution in [0.4, 0.5) is 0 Å². The summed E-state index contributed by atoms with van der Waals surface area (Å²) < 4.78 is 7.29. The molecule has 1 N–H and O–H groups in total. The molecule has 2 nitrogen and oxygen atoms in total. The number of hydrogen-bond acceptors (Lipinski definition) is 2. The zero-order valence-electron chi connectivity index (χ0n) is 11.4. The van der Waals surface area contributed by atoms with Crippen LogP contribution in [0, 0.1) is 6.92 Å². The molecule has 0 spiro atoms. The Morgan fingerprint density at radius 3 is 2.50 bits per heavy atom. The van der Waals surface area contributed by atoms with Crippen LogP contribution in [0.5, 0.6) is 5.75 Å². The van der Waals surface area contributed by atoms with Crippen LogP contribution in [-0.4, -0.2) is 11.7 Å². The van der Waals surface area contributed by atoms with E-state index in [4.69, 9.17) is 4.74 Å². The lowest BCUT2D eigenvalue weighted by atomic mass is 9.97. The molecule has 0 radical (unpaired) electrons. The smallest absolute Gasteiger partial charge is 0.120 e. The van der Waals surface area contributed by atoms with Crippen molar-refractivity contribution >= 4 is 31.9 Å². The molecular formula is C16H16Br2O2. The zero-order chi connectivity index (χ0) is 14.7. The van der Waals surface area contributed by atoms with E-state index in [0.29, 0.717) is 6.61 Å². The molecule has 2 aromatic rings. The molecule has 0 aliphatic heterocycles. The van der Waals surface area contributed by atoms with Crippen molar-refractivity contribution in [3.8, 4) is 5.75 Å². The molecule has 4 heteroatoms. The maximum absolute atomic E-state index is 10.6. The first-order valence-electron chi connectivity index (χ1n) is 6.40. The first-order valence-corrected chi connectivity index (χ1v) is 7.98. The molecule has 106 valence electrons. The first kappa shape index (κ1) is 15.5. The van der Waals surface area contributed by atoms with Gasteiger partial charge in [0.05, 0.1) is 6.61 Å². The molecule has 2 rings (SSSR count). The monoisotopic (exact) mass is 398 g/mol. The summed E-state index contributed by atoms with van der Waals surface area (Å²) in [4.78, 5) is 0. The Morgan fingerprint density at radius 1 is 1.10 bits per heavy atom. The van der Waals surface area contributed by atoms with Gasteiger partial charge in [-0.05, 0) is 48.7 Å². The van der Waals surface area contributed by atoms with Crippen molar-refractivity contribution < 1.29 is 9.84 Å². The molecular weight excluding hydrogens is 384 g/mol. The molecule has 0 amide bonds. The van der Waals surface area contributed by atoms with Gasteiger partial charge in [-0.3, -0.25) is 0 Å². The minimum atomic E-state index is -0.669. The molecule has 0 aliphatic carbocycles. The van der Waals surface area contributed by atoms with Crippen LogP contribution < -0.4 is 4.74 Å². The molecule has 0 bridgehead atoms. The number of ether oxygens (including phenoxy) is 1. The fourth-order valence-electron chi connectivity index (χ4n) is 2.07. The summed E-state index contributed by atoms with van der Waals surface area (Å²) in [6.07, 6.45) is -0.669. The number of aliphatic hydroxyl groups excluding tert-OH is 1. The van der Waals surface area contributed by atoms with Gasteiger partial charge >= 0.3 is 0 Å². The number of rotatable bonds is 4. The topological polar surface area (TPSA) is 29.5 Å². The van der Waals surface area contributed by atoms with Gasteiger partial charge in [0.1, 0.15) is 11.9 Å². The highest BCUT2D eigenvalue weighted by molar-refractivity contribution is 9.10. The van der Waals surface area contributed by atoms with Crippen molar-refractivity contribution in [1.29, 1.82) is 0 Å². The molecule has 0 saturated heterocycles. The summed E-state index contributed by atoms with van der Waals surface area (Å²) in [6, 6.07) is 11.5. The van der Waals surface area contributed by atoms with Crippen molar-refractivity contribution in [1.82, 2.24) is 0 Å². The van der Waals surface area contributed by atoms with E-state index < -0.39 is 6.10 Å². The van der Waals surface area contributed by atoms with Crippen LogP contribution in [0.3, 0.4) is 0 Å². The van der Waals surface area contributed by atoms with E-state index in [1.54, 1.807) is 0 Å². The van der Waals surface area contributed by atoms with Crippen molar-refractivity contribution in [2.45, 2.75) is 20.0 Å². The largest absolute Gasteiger partial charge is 0.494 e. The van der Waals surface area contributed by atoms with Gasteiger partial charge in [-0.25, -0.2) is 0 Å². The third-order valence-corrected chi connectivity index (χ3v) is 4.73. The quantitative estimate of drug-likeness (QED) is 0.783. The van der Waals surface area contributed by atoms with Crippen LogP contribution in [0.1, 0.15) is 29.7 Å². The van der Waals surface area contributed by atoms with Crippen molar-refractivity contribution in [2.24, 2.45) is 0 Å². The lowest BCUT2D eigenvalue weighted by molar-refractivity contribution is 0.218. The van der Waals surface area contributed by atoms with Crippen molar-refractivity contribution in [3.63, 3.8) is 0 Å². The van der Waals surface area contributed by atoms with Gasteiger partial charge in [0.15, 0.2) is 0 Å². The van der Waals surface area contributed by atoms with Crippen LogP contribution >= 0.6 is 31.9 Å². The van der Waals surface area contributed by atoms with Gasteiger partial charge in [0.2, 0.25) is 0 Å². The van der Waals surface area contributed by atoms with Crippen LogP contribution in [-0.2, 0) is 0 Å². The van der Waals surface area contributed by atoms with Gasteiger partial charge in [-0.1, -0.05) is 50.1 Å². The third kappa shape index (κ3) is 3.25. The fourth-order valence-corrected chi connectivity index (χ4v) is 3.03. The summed E-state index contributed by atoms with van der Waals surface area (Å²) in [6.45, 7) is 4.56. The molecule has 1 unspecified atom stereocenters. The fraction of sp³-hybridized carbons (Fsp3) is 0.250. The molecule has 1 atom stereocenters. The van der Waals surface area contributed by atoms with Crippen LogP contribution in [0.25, 0.3) is 0 Å². The maximum atomic E-state index is 10.6. The van der Waals surface area contributed by atoms with E-state index in [-0.39, 0.29) is 0 Å². The number of halogens is 2. The van der Waals surface area contributed by atoms with E-state index in [1.165, 1.54) is 0 Å². The average molecular weight is 400 g/mol. The molecule has 0 heterocycles. The van der Waals surface area contributed by atoms with Gasteiger partial charge in [0, 0.05) is 8.95 Å². The second-order valence-electron chi connectivity index (χ2n) is 4.47. The Balaban J connectivity index is 2.38. The predicted octanol–water partition coefficient (Wildman–Crippen LogP) is 5.00. The standard InChI is InChI=1S/C16H16Br2O2/c1-3-20-11-7-8-13(15(18)9-11)16(19)12-5-4-6-14(17)10(12)2/h4-9,16,19H,3H2,1-2H3. The minimum absolute atomic E-state index is 0.624. The summed E-state index contributed by atoms with van der Waals surface area (Å²) >= 11 is 7.00. The highest BCUT2D eigenvalue weighted by atomic mass is 79.9. The van der Waals surface area contributed by atoms with Crippen molar-refractivity contribution in [3.05, 3.63) is 62.0 Å². The van der Waals surface area contributed by atoms with E-state index in [9.17, 15) is 5.11 Å². The summed E-state index contributed by atoms with van der Waals surface area (Å²) in [7, 11) is 0. The first-order chi connectivity index (χ1) is 9.54. The van der Waals surface area contributed by atoms with Gasteiger partial charge in [0.25, 0.3) is 0 Å². The lowest BCUT2D eigenvalue weighted by Gasteiger charge is -2.17. The minimum Gasteiger partial charge on any atom is -0.494 e. The van der Waals surface area contributed by atoms with E-state index in [2.05, 4.69) is 31.9 Å². The Hall–Kier alpha value is -0.840. The number of aliphatic hydroxyl groups is 1. The average Bonchev–Trinajstić information content (AvgIpc) is 2.42. The van der Waals surface area contributed by atoms with E-state index >= 15 is 0 Å². The Morgan fingerprint density at radius 2 is 1.85 bits per heavy atom. The Bertz CT molecular complexity index is 611. The molecule has 0 fully saturated rings. The van der Waals surface area contributed by atoms with Crippen molar-refractivity contribution in [2.75, 3.05) is 6.61 Å². The highest BCUT2D eigenvalue weighted by Gasteiger charge is 2.17. The Kier molecular flexibility index (Phi) is 5.24. The molecule has 0 aromatic heterocycles. The van der Waals surface area contributed by atoms with Gasteiger partial charge in [-0.2, -0.15) is 0 Å². The summed E-state index contributed by atoms with van der Waals surface area (Å²) in [5.74, 6) is 0.793. The predicted molar refractivity (Wildman–Crippen MR) is 88.3 cm³/mol. The zero-order valence-corrected chi connectivity index (χ0v) is 14.5. The lowest BCUT2D eigenvalue weighted by Crippen LogP contribution is -2.04. The molecule has 20 heavy (non-hydrogen) atoms.